The first kappa shape index (κ1) is 20.3. The second-order valence-corrected chi connectivity index (χ2v) is 8.68. The number of nitrogens with one attached hydrogen (secondary N) is 2. The largest absolute Gasteiger partial charge is 0.331 e. The summed E-state index contributed by atoms with van der Waals surface area (Å²) in [5.74, 6) is 0. The summed E-state index contributed by atoms with van der Waals surface area (Å²) in [4.78, 5) is 0. The van der Waals surface area contributed by atoms with Gasteiger partial charge in [-0.05, 0) is 62.0 Å². The molecule has 0 unspecified atom stereocenters. The fourth-order valence-electron chi connectivity index (χ4n) is 2.65. The van der Waals surface area contributed by atoms with Crippen molar-refractivity contribution in [2.45, 2.75) is 20.4 Å². The van der Waals surface area contributed by atoms with Crippen molar-refractivity contribution in [2.24, 2.45) is 0 Å². The molecule has 27 heavy (non-hydrogen) atoms. The Morgan fingerprint density at radius 2 is 1.74 bits per heavy atom. The van der Waals surface area contributed by atoms with Gasteiger partial charge in [-0.1, -0.05) is 55.6 Å². The second kappa shape index (κ2) is 8.73. The molecule has 0 radical (unpaired) electrons. The Balaban J connectivity index is 1.74. The van der Waals surface area contributed by atoms with E-state index in [1.807, 2.05) is 48.9 Å². The molecular formula is C19H17Br2ClN4S. The minimum atomic E-state index is 0.466. The molecule has 0 spiro atoms. The molecule has 8 heteroatoms. The van der Waals surface area contributed by atoms with Crippen LogP contribution in [0.4, 0.5) is 11.4 Å². The average Bonchev–Trinajstić information content (AvgIpc) is 2.87. The van der Waals surface area contributed by atoms with Crippen LogP contribution in [0.2, 0.25) is 5.02 Å². The lowest BCUT2D eigenvalue weighted by atomic mass is 10.2. The standard InChI is InChI=1S/C19H17Br2ClN4S/c1-11-18(24-19(27)23-17-8-7-15(21)9-16(17)22)12(2)26(25-11)10-13-3-5-14(20)6-4-13/h3-9H,10H2,1-2H3,(H2,23,24,27). The smallest absolute Gasteiger partial charge is 0.175 e. The van der Waals surface area contributed by atoms with E-state index in [1.165, 1.54) is 5.56 Å². The number of hydrogen-bond donors (Lipinski definition) is 2. The van der Waals surface area contributed by atoms with Crippen LogP contribution in [0, 0.1) is 13.8 Å². The van der Waals surface area contributed by atoms with Gasteiger partial charge < -0.3 is 10.6 Å². The van der Waals surface area contributed by atoms with E-state index in [9.17, 15) is 0 Å². The molecule has 1 heterocycles. The lowest BCUT2D eigenvalue weighted by Crippen LogP contribution is -2.20. The van der Waals surface area contributed by atoms with Crippen LogP contribution in [0.3, 0.4) is 0 Å². The maximum atomic E-state index is 6.24. The minimum Gasteiger partial charge on any atom is -0.331 e. The molecule has 3 rings (SSSR count). The highest BCUT2D eigenvalue weighted by atomic mass is 79.9. The summed E-state index contributed by atoms with van der Waals surface area (Å²) >= 11 is 18.5. The van der Waals surface area contributed by atoms with Crippen LogP contribution in [0.5, 0.6) is 0 Å². The number of hydrogen-bond acceptors (Lipinski definition) is 2. The Bertz CT molecular complexity index is 986. The summed E-state index contributed by atoms with van der Waals surface area (Å²) in [6.45, 7) is 4.68. The Morgan fingerprint density at radius 1 is 1.07 bits per heavy atom. The van der Waals surface area contributed by atoms with Crippen molar-refractivity contribution < 1.29 is 0 Å². The molecule has 1 aromatic heterocycles. The van der Waals surface area contributed by atoms with E-state index in [0.29, 0.717) is 16.7 Å². The zero-order chi connectivity index (χ0) is 19.6. The second-order valence-electron chi connectivity index (χ2n) is 6.03. The summed E-state index contributed by atoms with van der Waals surface area (Å²) in [6, 6.07) is 13.8. The van der Waals surface area contributed by atoms with Gasteiger partial charge >= 0.3 is 0 Å². The highest BCUT2D eigenvalue weighted by Crippen LogP contribution is 2.26. The van der Waals surface area contributed by atoms with Gasteiger partial charge in [0.2, 0.25) is 0 Å². The normalized spacial score (nSPS) is 10.7. The van der Waals surface area contributed by atoms with E-state index < -0.39 is 0 Å². The lowest BCUT2D eigenvalue weighted by molar-refractivity contribution is 0.659. The molecule has 0 saturated carbocycles. The SMILES string of the molecule is Cc1nn(Cc2ccc(Br)cc2)c(C)c1NC(=S)Nc1ccc(Br)cc1Cl. The van der Waals surface area contributed by atoms with Crippen LogP contribution in [0.1, 0.15) is 17.0 Å². The highest BCUT2D eigenvalue weighted by molar-refractivity contribution is 9.10. The van der Waals surface area contributed by atoms with Crippen LogP contribution in [-0.4, -0.2) is 14.9 Å². The van der Waals surface area contributed by atoms with E-state index >= 15 is 0 Å². The number of thiocarbonyl (C=S) groups is 1. The van der Waals surface area contributed by atoms with Crippen molar-refractivity contribution in [3.8, 4) is 0 Å². The monoisotopic (exact) mass is 526 g/mol. The van der Waals surface area contributed by atoms with E-state index in [4.69, 9.17) is 23.8 Å². The van der Waals surface area contributed by atoms with Crippen LogP contribution in [0.25, 0.3) is 0 Å². The molecular weight excluding hydrogens is 512 g/mol. The Kier molecular flexibility index (Phi) is 6.57. The summed E-state index contributed by atoms with van der Waals surface area (Å²) in [6.07, 6.45) is 0. The van der Waals surface area contributed by atoms with Crippen molar-refractivity contribution in [1.82, 2.24) is 9.78 Å². The molecule has 0 atom stereocenters. The van der Waals surface area contributed by atoms with Crippen molar-refractivity contribution in [1.29, 1.82) is 0 Å². The number of aryl methyl sites for hydroxylation is 1. The Labute approximate surface area is 185 Å². The molecule has 0 fully saturated rings. The average molecular weight is 529 g/mol. The molecule has 2 aromatic carbocycles. The van der Waals surface area contributed by atoms with Crippen molar-refractivity contribution in [3.05, 3.63) is 73.4 Å². The number of benzene rings is 2. The molecule has 0 aliphatic carbocycles. The third kappa shape index (κ3) is 5.10. The fourth-order valence-corrected chi connectivity index (χ4v) is 3.85. The summed E-state index contributed by atoms with van der Waals surface area (Å²) in [5.41, 5.74) is 4.72. The quantitative estimate of drug-likeness (QED) is 0.378. The third-order valence-electron chi connectivity index (χ3n) is 4.04. The van der Waals surface area contributed by atoms with E-state index in [1.54, 1.807) is 0 Å². The fraction of sp³-hybridized carbons (Fsp3) is 0.158. The van der Waals surface area contributed by atoms with E-state index in [2.05, 4.69) is 59.7 Å². The van der Waals surface area contributed by atoms with Gasteiger partial charge in [-0.2, -0.15) is 5.10 Å². The molecule has 0 aliphatic heterocycles. The zero-order valence-corrected chi connectivity index (χ0v) is 19.4. The number of rotatable bonds is 4. The summed E-state index contributed by atoms with van der Waals surface area (Å²) in [5, 5.41) is 12.1. The molecule has 0 bridgehead atoms. The van der Waals surface area contributed by atoms with E-state index in [0.717, 1.165) is 31.7 Å². The minimum absolute atomic E-state index is 0.466. The molecule has 0 amide bonds. The van der Waals surface area contributed by atoms with Crippen LogP contribution < -0.4 is 10.6 Å². The summed E-state index contributed by atoms with van der Waals surface area (Å²) in [7, 11) is 0. The van der Waals surface area contributed by atoms with Gasteiger partial charge in [0.1, 0.15) is 0 Å². The third-order valence-corrected chi connectivity index (χ3v) is 5.58. The first-order valence-corrected chi connectivity index (χ1v) is 10.5. The highest BCUT2D eigenvalue weighted by Gasteiger charge is 2.14. The molecule has 140 valence electrons. The van der Waals surface area contributed by atoms with Crippen molar-refractivity contribution >= 4 is 72.2 Å². The van der Waals surface area contributed by atoms with Gasteiger partial charge in [-0.3, -0.25) is 4.68 Å². The van der Waals surface area contributed by atoms with Gasteiger partial charge in [-0.25, -0.2) is 0 Å². The maximum absolute atomic E-state index is 6.24. The Hall–Kier alpha value is -1.41. The number of aromatic nitrogens is 2. The Morgan fingerprint density at radius 3 is 2.41 bits per heavy atom. The number of halogens is 3. The maximum Gasteiger partial charge on any atom is 0.175 e. The molecule has 0 aliphatic rings. The van der Waals surface area contributed by atoms with Gasteiger partial charge in [-0.15, -0.1) is 0 Å². The van der Waals surface area contributed by atoms with Crippen LogP contribution in [0.15, 0.2) is 51.4 Å². The first-order chi connectivity index (χ1) is 12.8. The van der Waals surface area contributed by atoms with Crippen LogP contribution >= 0.6 is 55.7 Å². The van der Waals surface area contributed by atoms with Crippen molar-refractivity contribution in [3.63, 3.8) is 0 Å². The molecule has 0 saturated heterocycles. The zero-order valence-electron chi connectivity index (χ0n) is 14.7. The number of anilines is 2. The predicted octanol–water partition coefficient (Wildman–Crippen LogP) is 6.54. The molecule has 2 N–H and O–H groups in total. The predicted molar refractivity (Wildman–Crippen MR) is 124 cm³/mol. The first-order valence-electron chi connectivity index (χ1n) is 8.15. The number of nitrogens with zero attached hydrogens (tertiary/aromatic N) is 2. The molecule has 3 aromatic rings. The molecule has 4 nitrogen and oxygen atoms in total. The van der Waals surface area contributed by atoms with E-state index in [-0.39, 0.29) is 0 Å². The van der Waals surface area contributed by atoms with Gasteiger partial charge in [0.05, 0.1) is 34.3 Å². The summed E-state index contributed by atoms with van der Waals surface area (Å²) < 4.78 is 3.94. The van der Waals surface area contributed by atoms with Gasteiger partial charge in [0.25, 0.3) is 0 Å². The van der Waals surface area contributed by atoms with Gasteiger partial charge in [0, 0.05) is 8.95 Å². The van der Waals surface area contributed by atoms with Crippen molar-refractivity contribution in [2.75, 3.05) is 10.6 Å². The topological polar surface area (TPSA) is 41.9 Å². The van der Waals surface area contributed by atoms with Gasteiger partial charge in [0.15, 0.2) is 5.11 Å². The lowest BCUT2D eigenvalue weighted by Gasteiger charge is -2.12. The van der Waals surface area contributed by atoms with Crippen LogP contribution in [-0.2, 0) is 6.54 Å².